The van der Waals surface area contributed by atoms with Crippen LogP contribution in [0.4, 0.5) is 5.69 Å². The molecule has 150 valence electrons. The summed E-state index contributed by atoms with van der Waals surface area (Å²) in [5.74, 6) is 5.72. The monoisotopic (exact) mass is 389 g/mol. The second-order valence-electron chi connectivity index (χ2n) is 7.01. The first-order valence-corrected chi connectivity index (χ1v) is 9.92. The summed E-state index contributed by atoms with van der Waals surface area (Å²) in [6.07, 6.45) is 2.98. The number of rotatable bonds is 6. The number of nitrogens with one attached hydrogen (secondary N) is 2. The first-order chi connectivity index (χ1) is 14.2. The Kier molecular flexibility index (Phi) is 7.01. The van der Waals surface area contributed by atoms with Crippen molar-refractivity contribution in [1.29, 1.82) is 5.26 Å². The van der Waals surface area contributed by atoms with Crippen molar-refractivity contribution in [2.75, 3.05) is 25.0 Å². The summed E-state index contributed by atoms with van der Waals surface area (Å²) in [5, 5.41) is 16.1. The molecule has 0 unspecified atom stereocenters. The zero-order chi connectivity index (χ0) is 20.6. The lowest BCUT2D eigenvalue weighted by molar-refractivity contribution is 0.322. The number of fused-ring (bicyclic) bond motifs is 1. The topological polar surface area (TPSA) is 95.5 Å². The minimum absolute atomic E-state index is 0.227. The lowest BCUT2D eigenvalue weighted by atomic mass is 9.99. The van der Waals surface area contributed by atoms with Crippen molar-refractivity contribution >= 4 is 17.3 Å². The molecule has 6 nitrogen and oxygen atoms in total. The van der Waals surface area contributed by atoms with Crippen molar-refractivity contribution in [2.45, 2.75) is 26.2 Å². The summed E-state index contributed by atoms with van der Waals surface area (Å²) in [6.45, 7) is 8.94. The Hall–Kier alpha value is -3.14. The van der Waals surface area contributed by atoms with Crippen molar-refractivity contribution in [2.24, 2.45) is 10.9 Å². The Morgan fingerprint density at radius 1 is 1.21 bits per heavy atom. The van der Waals surface area contributed by atoms with E-state index in [0.717, 1.165) is 50.1 Å². The molecule has 1 aliphatic heterocycles. The lowest BCUT2D eigenvalue weighted by Crippen LogP contribution is -2.16. The molecule has 2 aromatic carbocycles. The Labute approximate surface area is 172 Å². The smallest absolute Gasteiger partial charge is 0.245 e. The Bertz CT molecular complexity index is 958. The average Bonchev–Trinajstić information content (AvgIpc) is 3.00. The normalized spacial score (nSPS) is 13.8. The van der Waals surface area contributed by atoms with Crippen molar-refractivity contribution in [1.82, 2.24) is 5.32 Å². The van der Waals surface area contributed by atoms with Crippen LogP contribution in [0.5, 0.6) is 0 Å². The fraction of sp³-hybridized carbons (Fsp3) is 0.304. The van der Waals surface area contributed by atoms with E-state index in [1.54, 1.807) is 6.07 Å². The molecular formula is C23H27N5O. The molecule has 0 saturated carbocycles. The standard InChI is InChI=1S/C23H27N5O/c1-3-10-27-22-7-6-20(14-21(22)15-24)23(29-25)28-16(2)18-5-4-17-8-11-26-12-9-19(17)13-18/h4-7,13-14,26-27H,2-3,8-12,25H2,1H3. The number of nitrogens with zero attached hydrogens (tertiary/aromatic N) is 2. The summed E-state index contributed by atoms with van der Waals surface area (Å²) in [6, 6.07) is 13.9. The van der Waals surface area contributed by atoms with Gasteiger partial charge in [0.15, 0.2) is 0 Å². The molecule has 3 rings (SSSR count). The summed E-state index contributed by atoms with van der Waals surface area (Å²) < 4.78 is 0. The molecule has 1 heterocycles. The van der Waals surface area contributed by atoms with Crippen LogP contribution in [0, 0.1) is 11.3 Å². The maximum absolute atomic E-state index is 9.47. The summed E-state index contributed by atoms with van der Waals surface area (Å²) in [4.78, 5) is 9.54. The zero-order valence-electron chi connectivity index (χ0n) is 16.8. The molecule has 1 aliphatic rings. The average molecular weight is 390 g/mol. The Balaban J connectivity index is 1.87. The van der Waals surface area contributed by atoms with Gasteiger partial charge in [0.25, 0.3) is 0 Å². The van der Waals surface area contributed by atoms with Crippen LogP contribution in [0.3, 0.4) is 0 Å². The van der Waals surface area contributed by atoms with Gasteiger partial charge < -0.3 is 15.5 Å². The van der Waals surface area contributed by atoms with Crippen molar-refractivity contribution in [3.05, 3.63) is 70.8 Å². The van der Waals surface area contributed by atoms with E-state index < -0.39 is 0 Å². The highest BCUT2D eigenvalue weighted by Crippen LogP contribution is 2.23. The first kappa shape index (κ1) is 20.6. The van der Waals surface area contributed by atoms with Gasteiger partial charge in [-0.3, -0.25) is 0 Å². The van der Waals surface area contributed by atoms with E-state index in [2.05, 4.69) is 47.3 Å². The van der Waals surface area contributed by atoms with E-state index in [-0.39, 0.29) is 5.90 Å². The van der Waals surface area contributed by atoms with E-state index in [1.807, 2.05) is 18.2 Å². The molecule has 0 spiro atoms. The summed E-state index contributed by atoms with van der Waals surface area (Å²) in [5.41, 5.74) is 6.11. The second kappa shape index (κ2) is 9.87. The molecular weight excluding hydrogens is 362 g/mol. The zero-order valence-corrected chi connectivity index (χ0v) is 16.8. The van der Waals surface area contributed by atoms with Crippen molar-refractivity contribution < 1.29 is 4.84 Å². The van der Waals surface area contributed by atoms with Crippen LogP contribution in [-0.4, -0.2) is 25.5 Å². The van der Waals surface area contributed by atoms with E-state index in [0.29, 0.717) is 16.8 Å². The van der Waals surface area contributed by atoms with Crippen LogP contribution in [0.1, 0.15) is 41.2 Å². The number of benzene rings is 2. The molecule has 0 saturated heterocycles. The first-order valence-electron chi connectivity index (χ1n) is 9.92. The summed E-state index contributed by atoms with van der Waals surface area (Å²) >= 11 is 0. The summed E-state index contributed by atoms with van der Waals surface area (Å²) in [7, 11) is 0. The van der Waals surface area contributed by atoms with E-state index in [1.165, 1.54) is 11.1 Å². The van der Waals surface area contributed by atoms with Gasteiger partial charge in [0.05, 0.1) is 16.9 Å². The molecule has 29 heavy (non-hydrogen) atoms. The fourth-order valence-corrected chi connectivity index (χ4v) is 3.38. The van der Waals surface area contributed by atoms with Crippen LogP contribution in [0.2, 0.25) is 0 Å². The number of anilines is 1. The maximum Gasteiger partial charge on any atom is 0.245 e. The van der Waals surface area contributed by atoms with Gasteiger partial charge in [-0.1, -0.05) is 25.6 Å². The number of nitrogens with two attached hydrogens (primary N) is 1. The molecule has 6 heteroatoms. The third-order valence-electron chi connectivity index (χ3n) is 4.98. The van der Waals surface area contributed by atoms with Crippen LogP contribution >= 0.6 is 0 Å². The Morgan fingerprint density at radius 2 is 1.97 bits per heavy atom. The molecule has 0 bridgehead atoms. The van der Waals surface area contributed by atoms with E-state index >= 15 is 0 Å². The van der Waals surface area contributed by atoms with Gasteiger partial charge in [-0.2, -0.15) is 11.2 Å². The highest BCUT2D eigenvalue weighted by Gasteiger charge is 2.12. The van der Waals surface area contributed by atoms with Gasteiger partial charge in [-0.15, -0.1) is 0 Å². The molecule has 0 radical (unpaired) electrons. The third-order valence-corrected chi connectivity index (χ3v) is 4.98. The molecule has 4 N–H and O–H groups in total. The van der Waals surface area contributed by atoms with Gasteiger partial charge >= 0.3 is 0 Å². The van der Waals surface area contributed by atoms with E-state index in [4.69, 9.17) is 10.7 Å². The van der Waals surface area contributed by atoms with Crippen molar-refractivity contribution in [3.63, 3.8) is 0 Å². The maximum atomic E-state index is 9.47. The van der Waals surface area contributed by atoms with Gasteiger partial charge in [-0.05, 0) is 73.3 Å². The third kappa shape index (κ3) is 5.02. The lowest BCUT2D eigenvalue weighted by Gasteiger charge is -2.11. The molecule has 0 amide bonds. The predicted molar refractivity (Wildman–Crippen MR) is 118 cm³/mol. The second-order valence-corrected chi connectivity index (χ2v) is 7.01. The number of aliphatic imine (C=N–C) groups is 1. The quantitative estimate of drug-likeness (QED) is 0.400. The van der Waals surface area contributed by atoms with Gasteiger partial charge in [-0.25, -0.2) is 4.99 Å². The molecule has 0 atom stereocenters. The van der Waals surface area contributed by atoms with Gasteiger partial charge in [0.2, 0.25) is 5.90 Å². The fourth-order valence-electron chi connectivity index (χ4n) is 3.38. The number of hydrogen-bond donors (Lipinski definition) is 3. The van der Waals surface area contributed by atoms with Gasteiger partial charge in [0, 0.05) is 12.1 Å². The molecule has 0 aliphatic carbocycles. The van der Waals surface area contributed by atoms with Gasteiger partial charge in [0.1, 0.15) is 6.07 Å². The molecule has 0 fully saturated rings. The predicted octanol–water partition coefficient (Wildman–Crippen LogP) is 3.38. The highest BCUT2D eigenvalue weighted by molar-refractivity contribution is 5.98. The number of hydrogen-bond acceptors (Lipinski definition) is 6. The minimum atomic E-state index is 0.227. The van der Waals surface area contributed by atoms with Crippen LogP contribution in [0.25, 0.3) is 5.70 Å². The van der Waals surface area contributed by atoms with Crippen LogP contribution in [0.15, 0.2) is 48.0 Å². The van der Waals surface area contributed by atoms with Crippen molar-refractivity contribution in [3.8, 4) is 6.07 Å². The number of nitriles is 1. The largest absolute Gasteiger partial charge is 0.391 e. The SMILES string of the molecule is C=C(N=C(ON)c1ccc(NCCC)c(C#N)c1)c1ccc2c(c1)CCNCC2. The molecule has 0 aromatic heterocycles. The minimum Gasteiger partial charge on any atom is -0.391 e. The highest BCUT2D eigenvalue weighted by atomic mass is 16.6. The Morgan fingerprint density at radius 3 is 2.69 bits per heavy atom. The van der Waals surface area contributed by atoms with Crippen LogP contribution < -0.4 is 16.5 Å². The molecule has 2 aromatic rings. The van der Waals surface area contributed by atoms with E-state index in [9.17, 15) is 5.26 Å². The van der Waals surface area contributed by atoms with Crippen LogP contribution in [-0.2, 0) is 17.7 Å².